The average molecular weight is 378 g/mol. The number of hydrogen-bond acceptors (Lipinski definition) is 8. The highest BCUT2D eigenvalue weighted by Crippen LogP contribution is 2.38. The summed E-state index contributed by atoms with van der Waals surface area (Å²) in [6.07, 6.45) is 5.56. The van der Waals surface area contributed by atoms with E-state index in [-0.39, 0.29) is 28.4 Å². The number of carbonyl (C=O) groups excluding carboxylic acids is 1. The second-order valence-corrected chi connectivity index (χ2v) is 5.85. The Hall–Kier alpha value is -3.75. The van der Waals surface area contributed by atoms with Gasteiger partial charge >= 0.3 is 0 Å². The smallest absolute Gasteiger partial charge is 0.283 e. The van der Waals surface area contributed by atoms with Crippen molar-refractivity contribution in [1.82, 2.24) is 19.9 Å². The maximum Gasteiger partial charge on any atom is 0.283 e. The molecule has 0 saturated carbocycles. The molecular formula is C19H18N6O3. The van der Waals surface area contributed by atoms with Crippen LogP contribution in [-0.4, -0.2) is 43.7 Å². The van der Waals surface area contributed by atoms with Crippen LogP contribution in [0.15, 0.2) is 49.3 Å². The SMILES string of the molecule is CCN(CC)c1cc(C(=O)c2cccnc2)cc([N+](=O)[O-])c1-c1ncncn1. The number of carbonyl (C=O) groups is 1. The molecule has 0 bridgehead atoms. The molecule has 142 valence electrons. The molecule has 9 nitrogen and oxygen atoms in total. The fraction of sp³-hybridized carbons (Fsp3) is 0.211. The lowest BCUT2D eigenvalue weighted by molar-refractivity contribution is -0.384. The number of ketones is 1. The van der Waals surface area contributed by atoms with E-state index in [1.165, 1.54) is 24.9 Å². The number of pyridine rings is 1. The fourth-order valence-electron chi connectivity index (χ4n) is 2.96. The number of hydrogen-bond donors (Lipinski definition) is 0. The van der Waals surface area contributed by atoms with E-state index in [2.05, 4.69) is 19.9 Å². The van der Waals surface area contributed by atoms with Gasteiger partial charge in [0.05, 0.1) is 10.6 Å². The van der Waals surface area contributed by atoms with Crippen molar-refractivity contribution >= 4 is 17.2 Å². The number of nitro benzene ring substituents is 1. The molecule has 0 unspecified atom stereocenters. The monoisotopic (exact) mass is 378 g/mol. The normalized spacial score (nSPS) is 10.5. The van der Waals surface area contributed by atoms with Crippen LogP contribution < -0.4 is 4.90 Å². The second-order valence-electron chi connectivity index (χ2n) is 5.85. The third-order valence-electron chi connectivity index (χ3n) is 4.30. The summed E-state index contributed by atoms with van der Waals surface area (Å²) >= 11 is 0. The van der Waals surface area contributed by atoms with Gasteiger partial charge in [0.15, 0.2) is 11.6 Å². The molecule has 0 N–H and O–H groups in total. The van der Waals surface area contributed by atoms with E-state index < -0.39 is 4.92 Å². The largest absolute Gasteiger partial charge is 0.371 e. The fourth-order valence-corrected chi connectivity index (χ4v) is 2.96. The van der Waals surface area contributed by atoms with Crippen LogP contribution in [0, 0.1) is 10.1 Å². The Morgan fingerprint density at radius 1 is 1.11 bits per heavy atom. The molecule has 0 radical (unpaired) electrons. The van der Waals surface area contributed by atoms with Gasteiger partial charge in [0.25, 0.3) is 5.69 Å². The third kappa shape index (κ3) is 3.68. The molecule has 0 saturated heterocycles. The first kappa shape index (κ1) is 19.0. The van der Waals surface area contributed by atoms with Crippen molar-refractivity contribution in [2.75, 3.05) is 18.0 Å². The van der Waals surface area contributed by atoms with Gasteiger partial charge in [-0.05, 0) is 32.0 Å². The van der Waals surface area contributed by atoms with Gasteiger partial charge in [0, 0.05) is 42.7 Å². The van der Waals surface area contributed by atoms with Gasteiger partial charge in [-0.25, -0.2) is 15.0 Å². The predicted octanol–water partition coefficient (Wildman–Crippen LogP) is 2.92. The molecule has 0 aliphatic rings. The summed E-state index contributed by atoms with van der Waals surface area (Å²) in [6, 6.07) is 6.18. The van der Waals surface area contributed by atoms with Crippen LogP contribution in [0.5, 0.6) is 0 Å². The third-order valence-corrected chi connectivity index (χ3v) is 4.30. The molecule has 0 fully saturated rings. The molecule has 9 heteroatoms. The van der Waals surface area contributed by atoms with E-state index >= 15 is 0 Å². The van der Waals surface area contributed by atoms with Crippen molar-refractivity contribution in [3.8, 4) is 11.4 Å². The lowest BCUT2D eigenvalue weighted by Gasteiger charge is -2.24. The number of rotatable bonds is 7. The molecule has 0 amide bonds. The summed E-state index contributed by atoms with van der Waals surface area (Å²) in [6.45, 7) is 5.05. The van der Waals surface area contributed by atoms with Gasteiger partial charge in [0.2, 0.25) is 0 Å². The minimum atomic E-state index is -0.522. The van der Waals surface area contributed by atoms with Gasteiger partial charge in [0.1, 0.15) is 18.2 Å². The number of nitrogens with zero attached hydrogens (tertiary/aromatic N) is 6. The van der Waals surface area contributed by atoms with Crippen molar-refractivity contribution in [3.63, 3.8) is 0 Å². The van der Waals surface area contributed by atoms with Crippen molar-refractivity contribution in [2.24, 2.45) is 0 Å². The first-order valence-electron chi connectivity index (χ1n) is 8.71. The lowest BCUT2D eigenvalue weighted by atomic mass is 9.99. The minimum Gasteiger partial charge on any atom is -0.371 e. The van der Waals surface area contributed by atoms with Crippen LogP contribution in [0.3, 0.4) is 0 Å². The van der Waals surface area contributed by atoms with Gasteiger partial charge in [-0.1, -0.05) is 0 Å². The quantitative estimate of drug-likeness (QED) is 0.350. The van der Waals surface area contributed by atoms with Crippen LogP contribution >= 0.6 is 0 Å². The Kier molecular flexibility index (Phi) is 5.64. The second kappa shape index (κ2) is 8.30. The zero-order valence-electron chi connectivity index (χ0n) is 15.4. The minimum absolute atomic E-state index is 0.184. The highest BCUT2D eigenvalue weighted by Gasteiger charge is 2.27. The molecule has 0 aliphatic carbocycles. The van der Waals surface area contributed by atoms with E-state index in [9.17, 15) is 14.9 Å². The Balaban J connectivity index is 2.28. The molecule has 2 heterocycles. The molecule has 3 rings (SSSR count). The number of aromatic nitrogens is 4. The highest BCUT2D eigenvalue weighted by molar-refractivity contribution is 6.10. The Bertz CT molecular complexity index is 991. The van der Waals surface area contributed by atoms with Crippen molar-refractivity contribution < 1.29 is 9.72 Å². The molecule has 28 heavy (non-hydrogen) atoms. The average Bonchev–Trinajstić information content (AvgIpc) is 2.74. The highest BCUT2D eigenvalue weighted by atomic mass is 16.6. The Morgan fingerprint density at radius 3 is 2.39 bits per heavy atom. The molecule has 1 aromatic carbocycles. The van der Waals surface area contributed by atoms with Crippen LogP contribution in [0.1, 0.15) is 29.8 Å². The molecule has 0 aliphatic heterocycles. The lowest BCUT2D eigenvalue weighted by Crippen LogP contribution is -2.23. The van der Waals surface area contributed by atoms with Gasteiger partial charge < -0.3 is 4.90 Å². The maximum atomic E-state index is 12.9. The molecular weight excluding hydrogens is 360 g/mol. The van der Waals surface area contributed by atoms with Gasteiger partial charge in [-0.2, -0.15) is 0 Å². The van der Waals surface area contributed by atoms with Crippen LogP contribution in [0.4, 0.5) is 11.4 Å². The summed E-state index contributed by atoms with van der Waals surface area (Å²) in [5.41, 5.74) is 1.12. The van der Waals surface area contributed by atoms with Gasteiger partial charge in [-0.15, -0.1) is 0 Å². The topological polar surface area (TPSA) is 115 Å². The molecule has 0 atom stereocenters. The van der Waals surface area contributed by atoms with Crippen molar-refractivity contribution in [3.05, 3.63) is 70.6 Å². The predicted molar refractivity (Wildman–Crippen MR) is 103 cm³/mol. The van der Waals surface area contributed by atoms with E-state index in [0.717, 1.165) is 0 Å². The Labute approximate surface area is 161 Å². The van der Waals surface area contributed by atoms with Crippen molar-refractivity contribution in [2.45, 2.75) is 13.8 Å². The molecule has 2 aromatic heterocycles. The summed E-state index contributed by atoms with van der Waals surface area (Å²) in [5, 5.41) is 11.9. The zero-order chi connectivity index (χ0) is 20.1. The summed E-state index contributed by atoms with van der Waals surface area (Å²) in [5.74, 6) is -0.157. The van der Waals surface area contributed by atoms with E-state index in [4.69, 9.17) is 0 Å². The van der Waals surface area contributed by atoms with Crippen LogP contribution in [0.25, 0.3) is 11.4 Å². The van der Waals surface area contributed by atoms with E-state index in [1.54, 1.807) is 24.4 Å². The zero-order valence-corrected chi connectivity index (χ0v) is 15.4. The number of anilines is 1. The maximum absolute atomic E-state index is 12.9. The van der Waals surface area contributed by atoms with Crippen LogP contribution in [-0.2, 0) is 0 Å². The van der Waals surface area contributed by atoms with Crippen LogP contribution in [0.2, 0.25) is 0 Å². The summed E-state index contributed by atoms with van der Waals surface area (Å²) in [4.78, 5) is 42.1. The van der Waals surface area contributed by atoms with Crippen molar-refractivity contribution in [1.29, 1.82) is 0 Å². The standard InChI is InChI=1S/C19H18N6O3/c1-3-24(4-2)15-8-14(18(26)13-6-5-7-20-10-13)9-16(25(27)28)17(15)19-22-11-21-12-23-19/h5-12H,3-4H2,1-2H3. The first-order chi connectivity index (χ1) is 13.6. The first-order valence-corrected chi connectivity index (χ1v) is 8.71. The number of nitro groups is 1. The summed E-state index contributed by atoms with van der Waals surface area (Å²) in [7, 11) is 0. The molecule has 3 aromatic rings. The summed E-state index contributed by atoms with van der Waals surface area (Å²) < 4.78 is 0. The van der Waals surface area contributed by atoms with Gasteiger partial charge in [-0.3, -0.25) is 19.9 Å². The number of benzene rings is 1. The Morgan fingerprint density at radius 2 is 1.82 bits per heavy atom. The van der Waals surface area contributed by atoms with E-state index in [1.807, 2.05) is 18.7 Å². The molecule has 0 spiro atoms. The van der Waals surface area contributed by atoms with E-state index in [0.29, 0.717) is 24.3 Å².